The van der Waals surface area contributed by atoms with Crippen LogP contribution in [0.25, 0.3) is 0 Å². The van der Waals surface area contributed by atoms with Gasteiger partial charge in [0.15, 0.2) is 11.5 Å². The summed E-state index contributed by atoms with van der Waals surface area (Å²) >= 11 is 0. The van der Waals surface area contributed by atoms with Crippen LogP contribution in [0.3, 0.4) is 0 Å². The molecule has 1 atom stereocenters. The number of rotatable bonds is 6. The molecular formula is C15H19N3O3. The quantitative estimate of drug-likeness (QED) is 0.882. The first-order valence-corrected chi connectivity index (χ1v) is 6.52. The molecule has 6 nitrogen and oxygen atoms in total. The number of benzene rings is 1. The van der Waals surface area contributed by atoms with Gasteiger partial charge < -0.3 is 19.5 Å². The fourth-order valence-corrected chi connectivity index (χ4v) is 2.02. The zero-order valence-electron chi connectivity index (χ0n) is 12.6. The van der Waals surface area contributed by atoms with Crippen molar-refractivity contribution in [2.24, 2.45) is 0 Å². The highest BCUT2D eigenvalue weighted by Gasteiger charge is 2.15. The SMILES string of the molecule is COc1cc(NC(C)c2cnccn2)cc(OC)c1OC. The maximum Gasteiger partial charge on any atom is 0.203 e. The van der Waals surface area contributed by atoms with Gasteiger partial charge in [-0.15, -0.1) is 0 Å². The molecule has 0 aliphatic heterocycles. The van der Waals surface area contributed by atoms with Crippen LogP contribution in [0.2, 0.25) is 0 Å². The summed E-state index contributed by atoms with van der Waals surface area (Å²) in [6.45, 7) is 2.01. The average Bonchev–Trinajstić information content (AvgIpc) is 2.54. The standard InChI is InChI=1S/C15H19N3O3/c1-10(12-9-16-5-6-17-12)18-11-7-13(19-2)15(21-4)14(8-11)20-3/h5-10,18H,1-4H3. The number of hydrogen-bond acceptors (Lipinski definition) is 6. The smallest absolute Gasteiger partial charge is 0.203 e. The molecule has 0 saturated heterocycles. The monoisotopic (exact) mass is 289 g/mol. The summed E-state index contributed by atoms with van der Waals surface area (Å²) in [5.41, 5.74) is 1.70. The van der Waals surface area contributed by atoms with Crippen molar-refractivity contribution in [2.45, 2.75) is 13.0 Å². The Kier molecular flexibility index (Phi) is 4.81. The molecule has 0 radical (unpaired) electrons. The molecule has 1 aromatic carbocycles. The Morgan fingerprint density at radius 2 is 1.67 bits per heavy atom. The van der Waals surface area contributed by atoms with Gasteiger partial charge in [0.2, 0.25) is 5.75 Å². The zero-order valence-corrected chi connectivity index (χ0v) is 12.6. The number of ether oxygens (including phenoxy) is 3. The van der Waals surface area contributed by atoms with Crippen LogP contribution in [0.5, 0.6) is 17.2 Å². The van der Waals surface area contributed by atoms with Gasteiger partial charge in [0.05, 0.1) is 39.3 Å². The Morgan fingerprint density at radius 3 is 2.14 bits per heavy atom. The van der Waals surface area contributed by atoms with Gasteiger partial charge in [0, 0.05) is 30.2 Å². The molecule has 1 unspecified atom stereocenters. The van der Waals surface area contributed by atoms with Crippen molar-refractivity contribution in [3.8, 4) is 17.2 Å². The summed E-state index contributed by atoms with van der Waals surface area (Å²) in [5, 5.41) is 3.34. The van der Waals surface area contributed by atoms with Gasteiger partial charge in [-0.05, 0) is 6.92 Å². The number of aromatic nitrogens is 2. The first-order valence-electron chi connectivity index (χ1n) is 6.52. The van der Waals surface area contributed by atoms with E-state index in [2.05, 4.69) is 15.3 Å². The van der Waals surface area contributed by atoms with Crippen LogP contribution in [-0.4, -0.2) is 31.3 Å². The Hall–Kier alpha value is -2.50. The largest absolute Gasteiger partial charge is 0.493 e. The average molecular weight is 289 g/mol. The molecule has 2 aromatic rings. The Balaban J connectivity index is 2.28. The highest BCUT2D eigenvalue weighted by atomic mass is 16.5. The fourth-order valence-electron chi connectivity index (χ4n) is 2.02. The summed E-state index contributed by atoms with van der Waals surface area (Å²) in [6, 6.07) is 3.71. The van der Waals surface area contributed by atoms with E-state index in [9.17, 15) is 0 Å². The lowest BCUT2D eigenvalue weighted by atomic mass is 10.2. The minimum Gasteiger partial charge on any atom is -0.493 e. The normalized spacial score (nSPS) is 11.6. The highest BCUT2D eigenvalue weighted by Crippen LogP contribution is 2.40. The van der Waals surface area contributed by atoms with Crippen molar-refractivity contribution in [3.63, 3.8) is 0 Å². The first-order chi connectivity index (χ1) is 10.2. The Labute approximate surface area is 124 Å². The maximum atomic E-state index is 5.33. The number of hydrogen-bond donors (Lipinski definition) is 1. The molecule has 0 aliphatic rings. The van der Waals surface area contributed by atoms with E-state index in [0.717, 1.165) is 11.4 Å². The molecule has 1 N–H and O–H groups in total. The third kappa shape index (κ3) is 3.34. The molecule has 6 heteroatoms. The minimum absolute atomic E-state index is 0.00140. The van der Waals surface area contributed by atoms with Crippen LogP contribution in [0.15, 0.2) is 30.7 Å². The Morgan fingerprint density at radius 1 is 1.00 bits per heavy atom. The molecule has 2 rings (SSSR count). The van der Waals surface area contributed by atoms with E-state index >= 15 is 0 Å². The molecule has 0 amide bonds. The van der Waals surface area contributed by atoms with Crippen LogP contribution in [-0.2, 0) is 0 Å². The van der Waals surface area contributed by atoms with E-state index in [1.165, 1.54) is 0 Å². The number of nitrogens with zero attached hydrogens (tertiary/aromatic N) is 2. The van der Waals surface area contributed by atoms with Gasteiger partial charge in [0.1, 0.15) is 0 Å². The number of nitrogens with one attached hydrogen (secondary N) is 1. The molecule has 0 spiro atoms. The lowest BCUT2D eigenvalue weighted by Gasteiger charge is -2.18. The van der Waals surface area contributed by atoms with Gasteiger partial charge in [-0.2, -0.15) is 0 Å². The highest BCUT2D eigenvalue weighted by molar-refractivity contribution is 5.62. The lowest BCUT2D eigenvalue weighted by molar-refractivity contribution is 0.324. The van der Waals surface area contributed by atoms with Crippen molar-refractivity contribution < 1.29 is 14.2 Å². The zero-order chi connectivity index (χ0) is 15.2. The summed E-state index contributed by atoms with van der Waals surface area (Å²) in [5.74, 6) is 1.77. The molecule has 0 aliphatic carbocycles. The lowest BCUT2D eigenvalue weighted by Crippen LogP contribution is -2.09. The predicted molar refractivity (Wildman–Crippen MR) is 80.2 cm³/mol. The fraction of sp³-hybridized carbons (Fsp3) is 0.333. The number of anilines is 1. The molecule has 112 valence electrons. The van der Waals surface area contributed by atoms with Crippen LogP contribution in [0, 0.1) is 0 Å². The van der Waals surface area contributed by atoms with Crippen LogP contribution in [0.1, 0.15) is 18.7 Å². The topological polar surface area (TPSA) is 65.5 Å². The molecule has 0 bridgehead atoms. The van der Waals surface area contributed by atoms with E-state index in [1.54, 1.807) is 39.9 Å². The molecule has 21 heavy (non-hydrogen) atoms. The van der Waals surface area contributed by atoms with E-state index in [0.29, 0.717) is 17.2 Å². The van der Waals surface area contributed by atoms with Crippen LogP contribution >= 0.6 is 0 Å². The minimum atomic E-state index is 0.00140. The van der Waals surface area contributed by atoms with E-state index in [4.69, 9.17) is 14.2 Å². The predicted octanol–water partition coefficient (Wildman–Crippen LogP) is 2.68. The van der Waals surface area contributed by atoms with E-state index in [1.807, 2.05) is 19.1 Å². The summed E-state index contributed by atoms with van der Waals surface area (Å²) in [7, 11) is 4.76. The molecule has 0 fully saturated rings. The molecular weight excluding hydrogens is 270 g/mol. The van der Waals surface area contributed by atoms with E-state index in [-0.39, 0.29) is 6.04 Å². The van der Waals surface area contributed by atoms with Crippen molar-refractivity contribution >= 4 is 5.69 Å². The number of methoxy groups -OCH3 is 3. The third-order valence-corrected chi connectivity index (χ3v) is 3.07. The van der Waals surface area contributed by atoms with Crippen molar-refractivity contribution in [1.29, 1.82) is 0 Å². The molecule has 1 heterocycles. The second-order valence-electron chi connectivity index (χ2n) is 4.41. The Bertz CT molecular complexity index is 565. The second-order valence-corrected chi connectivity index (χ2v) is 4.41. The second kappa shape index (κ2) is 6.78. The maximum absolute atomic E-state index is 5.33. The van der Waals surface area contributed by atoms with Gasteiger partial charge in [-0.25, -0.2) is 0 Å². The molecule has 0 saturated carbocycles. The van der Waals surface area contributed by atoms with Crippen molar-refractivity contribution in [3.05, 3.63) is 36.4 Å². The summed E-state index contributed by atoms with van der Waals surface area (Å²) < 4.78 is 16.0. The van der Waals surface area contributed by atoms with Gasteiger partial charge in [-0.1, -0.05) is 0 Å². The van der Waals surface area contributed by atoms with Gasteiger partial charge in [0.25, 0.3) is 0 Å². The first kappa shape index (κ1) is 14.9. The van der Waals surface area contributed by atoms with Crippen LogP contribution in [0.4, 0.5) is 5.69 Å². The molecule has 1 aromatic heterocycles. The van der Waals surface area contributed by atoms with Crippen LogP contribution < -0.4 is 19.5 Å². The van der Waals surface area contributed by atoms with Gasteiger partial charge >= 0.3 is 0 Å². The van der Waals surface area contributed by atoms with Crippen molar-refractivity contribution in [1.82, 2.24) is 9.97 Å². The van der Waals surface area contributed by atoms with Crippen molar-refractivity contribution in [2.75, 3.05) is 26.6 Å². The summed E-state index contributed by atoms with van der Waals surface area (Å²) in [4.78, 5) is 8.35. The summed E-state index contributed by atoms with van der Waals surface area (Å²) in [6.07, 6.45) is 5.05. The van der Waals surface area contributed by atoms with E-state index < -0.39 is 0 Å². The van der Waals surface area contributed by atoms with Gasteiger partial charge in [-0.3, -0.25) is 9.97 Å². The third-order valence-electron chi connectivity index (χ3n) is 3.07.